The molecule has 0 spiro atoms. The molecule has 3 heteroatoms. The Morgan fingerprint density at radius 3 is 2.58 bits per heavy atom. The smallest absolute Gasteiger partial charge is 0.159 e. The van der Waals surface area contributed by atoms with Gasteiger partial charge in [0.1, 0.15) is 0 Å². The molecule has 2 N–H and O–H groups in total. The molecule has 0 unspecified atom stereocenters. The second-order valence-corrected chi connectivity index (χ2v) is 4.42. The van der Waals surface area contributed by atoms with E-state index < -0.39 is 0 Å². The van der Waals surface area contributed by atoms with Crippen molar-refractivity contribution < 1.29 is 0 Å². The maximum Gasteiger partial charge on any atom is 0.159 e. The van der Waals surface area contributed by atoms with E-state index in [0.29, 0.717) is 0 Å². The lowest BCUT2D eigenvalue weighted by molar-refractivity contribution is 1.12. The summed E-state index contributed by atoms with van der Waals surface area (Å²) in [7, 11) is 0. The van der Waals surface area contributed by atoms with Crippen molar-refractivity contribution in [2.45, 2.75) is 26.7 Å². The van der Waals surface area contributed by atoms with Gasteiger partial charge in [0.05, 0.1) is 0 Å². The third-order valence-electron chi connectivity index (χ3n) is 3.00. The van der Waals surface area contributed by atoms with Crippen molar-refractivity contribution in [3.05, 3.63) is 53.9 Å². The molecule has 1 heterocycles. The lowest BCUT2D eigenvalue weighted by atomic mass is 10.1. The fourth-order valence-corrected chi connectivity index (χ4v) is 1.89. The molecule has 3 nitrogen and oxygen atoms in total. The minimum absolute atomic E-state index is 0.733. The molecule has 0 atom stereocenters. The van der Waals surface area contributed by atoms with Crippen molar-refractivity contribution in [3.8, 4) is 11.4 Å². The van der Waals surface area contributed by atoms with E-state index in [-0.39, 0.29) is 0 Å². The third-order valence-corrected chi connectivity index (χ3v) is 3.00. The number of hydrogen-bond acceptors (Lipinski definition) is 3. The SMILES string of the molecule is CCC=C(N)c1cnc(-c2cccc(CC)c2)nc1. The molecule has 0 amide bonds. The van der Waals surface area contributed by atoms with Crippen LogP contribution in [0.4, 0.5) is 0 Å². The second-order valence-electron chi connectivity index (χ2n) is 4.42. The van der Waals surface area contributed by atoms with Gasteiger partial charge in [-0.25, -0.2) is 9.97 Å². The largest absolute Gasteiger partial charge is 0.398 e. The van der Waals surface area contributed by atoms with E-state index in [1.54, 1.807) is 12.4 Å². The number of nitrogens with two attached hydrogens (primary N) is 1. The number of allylic oxidation sites excluding steroid dienone is 1. The Kier molecular flexibility index (Phi) is 4.29. The first-order valence-electron chi connectivity index (χ1n) is 6.62. The number of hydrogen-bond donors (Lipinski definition) is 1. The normalized spacial score (nSPS) is 11.6. The van der Waals surface area contributed by atoms with Crippen molar-refractivity contribution in [1.29, 1.82) is 0 Å². The lowest BCUT2D eigenvalue weighted by Crippen LogP contribution is -1.99. The van der Waals surface area contributed by atoms with Crippen molar-refractivity contribution in [1.82, 2.24) is 9.97 Å². The van der Waals surface area contributed by atoms with E-state index in [0.717, 1.165) is 35.5 Å². The summed E-state index contributed by atoms with van der Waals surface area (Å²) in [5.74, 6) is 0.739. The highest BCUT2D eigenvalue weighted by molar-refractivity contribution is 5.63. The van der Waals surface area contributed by atoms with Gasteiger partial charge >= 0.3 is 0 Å². The van der Waals surface area contributed by atoms with Gasteiger partial charge in [0.2, 0.25) is 0 Å². The van der Waals surface area contributed by atoms with Crippen molar-refractivity contribution >= 4 is 5.70 Å². The molecule has 19 heavy (non-hydrogen) atoms. The second kappa shape index (κ2) is 6.14. The highest BCUT2D eigenvalue weighted by atomic mass is 14.9. The van der Waals surface area contributed by atoms with Crippen LogP contribution in [0, 0.1) is 0 Å². The van der Waals surface area contributed by atoms with Crippen LogP contribution in [0.2, 0.25) is 0 Å². The van der Waals surface area contributed by atoms with Gasteiger partial charge in [-0.3, -0.25) is 0 Å². The van der Waals surface area contributed by atoms with Gasteiger partial charge in [-0.05, 0) is 24.5 Å². The van der Waals surface area contributed by atoms with E-state index in [1.165, 1.54) is 5.56 Å². The predicted molar refractivity (Wildman–Crippen MR) is 79.3 cm³/mol. The fraction of sp³-hybridized carbons (Fsp3) is 0.250. The van der Waals surface area contributed by atoms with E-state index >= 15 is 0 Å². The van der Waals surface area contributed by atoms with Crippen LogP contribution >= 0.6 is 0 Å². The van der Waals surface area contributed by atoms with E-state index in [1.807, 2.05) is 18.2 Å². The molecule has 0 aliphatic carbocycles. The van der Waals surface area contributed by atoms with Gasteiger partial charge in [-0.1, -0.05) is 38.1 Å². The number of aromatic nitrogens is 2. The zero-order valence-electron chi connectivity index (χ0n) is 11.4. The molecule has 2 aromatic rings. The third kappa shape index (κ3) is 3.19. The number of nitrogens with zero attached hydrogens (tertiary/aromatic N) is 2. The quantitative estimate of drug-likeness (QED) is 0.908. The summed E-state index contributed by atoms with van der Waals surface area (Å²) in [5, 5.41) is 0. The summed E-state index contributed by atoms with van der Waals surface area (Å²) in [5.41, 5.74) is 9.86. The van der Waals surface area contributed by atoms with Crippen LogP contribution in [-0.2, 0) is 6.42 Å². The van der Waals surface area contributed by atoms with Crippen LogP contribution in [0.15, 0.2) is 42.7 Å². The van der Waals surface area contributed by atoms with Crippen molar-refractivity contribution in [2.75, 3.05) is 0 Å². The molecule has 2 rings (SSSR count). The average molecular weight is 253 g/mol. The molecule has 0 bridgehead atoms. The Hall–Kier alpha value is -2.16. The summed E-state index contributed by atoms with van der Waals surface area (Å²) in [6, 6.07) is 8.30. The zero-order valence-corrected chi connectivity index (χ0v) is 11.4. The van der Waals surface area contributed by atoms with Gasteiger partial charge in [0.15, 0.2) is 5.82 Å². The summed E-state index contributed by atoms with van der Waals surface area (Å²) in [4.78, 5) is 8.79. The lowest BCUT2D eigenvalue weighted by Gasteiger charge is -2.04. The molecule has 1 aromatic carbocycles. The minimum Gasteiger partial charge on any atom is -0.398 e. The van der Waals surface area contributed by atoms with Crippen LogP contribution in [0.5, 0.6) is 0 Å². The Bertz CT molecular complexity index is 571. The Morgan fingerprint density at radius 1 is 1.21 bits per heavy atom. The average Bonchev–Trinajstić information content (AvgIpc) is 2.48. The number of rotatable bonds is 4. The molecule has 0 saturated heterocycles. The molecular weight excluding hydrogens is 234 g/mol. The summed E-state index contributed by atoms with van der Waals surface area (Å²) < 4.78 is 0. The molecule has 1 aromatic heterocycles. The van der Waals surface area contributed by atoms with Crippen molar-refractivity contribution in [2.24, 2.45) is 5.73 Å². The molecule has 0 radical (unpaired) electrons. The van der Waals surface area contributed by atoms with Crippen LogP contribution < -0.4 is 5.73 Å². The van der Waals surface area contributed by atoms with Crippen LogP contribution in [0.25, 0.3) is 17.1 Å². The topological polar surface area (TPSA) is 51.8 Å². The highest BCUT2D eigenvalue weighted by Crippen LogP contribution is 2.17. The maximum atomic E-state index is 5.92. The predicted octanol–water partition coefficient (Wildman–Crippen LogP) is 3.42. The van der Waals surface area contributed by atoms with Crippen molar-refractivity contribution in [3.63, 3.8) is 0 Å². The Labute approximate surface area is 114 Å². The zero-order chi connectivity index (χ0) is 13.7. The Balaban J connectivity index is 2.29. The minimum atomic E-state index is 0.733. The van der Waals surface area contributed by atoms with Gasteiger partial charge in [0.25, 0.3) is 0 Å². The van der Waals surface area contributed by atoms with E-state index in [9.17, 15) is 0 Å². The highest BCUT2D eigenvalue weighted by Gasteiger charge is 2.03. The number of benzene rings is 1. The standard InChI is InChI=1S/C16H19N3/c1-3-6-15(17)14-10-18-16(19-11-14)13-8-5-7-12(4-2)9-13/h5-11H,3-4,17H2,1-2H3. The molecule has 98 valence electrons. The molecule has 0 saturated carbocycles. The molecule has 0 fully saturated rings. The molecule has 0 aliphatic rings. The van der Waals surface area contributed by atoms with E-state index in [4.69, 9.17) is 5.73 Å². The Morgan fingerprint density at radius 2 is 1.95 bits per heavy atom. The number of aryl methyl sites for hydroxylation is 1. The first-order valence-corrected chi connectivity index (χ1v) is 6.62. The van der Waals surface area contributed by atoms with Gasteiger partial charge in [-0.2, -0.15) is 0 Å². The molecule has 0 aliphatic heterocycles. The van der Waals surface area contributed by atoms with Crippen LogP contribution in [0.3, 0.4) is 0 Å². The van der Waals surface area contributed by atoms with Crippen LogP contribution in [0.1, 0.15) is 31.4 Å². The monoisotopic (exact) mass is 253 g/mol. The van der Waals surface area contributed by atoms with Gasteiger partial charge in [-0.15, -0.1) is 0 Å². The van der Waals surface area contributed by atoms with Gasteiger partial charge in [0, 0.05) is 29.2 Å². The summed E-state index contributed by atoms with van der Waals surface area (Å²) >= 11 is 0. The maximum absolute atomic E-state index is 5.92. The summed E-state index contributed by atoms with van der Waals surface area (Å²) in [6.45, 7) is 4.19. The molecular formula is C16H19N3. The first kappa shape index (κ1) is 13.3. The fourth-order valence-electron chi connectivity index (χ4n) is 1.89. The summed E-state index contributed by atoms with van der Waals surface area (Å²) in [6.07, 6.45) is 7.45. The van der Waals surface area contributed by atoms with Crippen LogP contribution in [-0.4, -0.2) is 9.97 Å². The van der Waals surface area contributed by atoms with Gasteiger partial charge < -0.3 is 5.73 Å². The van der Waals surface area contributed by atoms with E-state index in [2.05, 4.69) is 35.9 Å². The first-order chi connectivity index (χ1) is 9.24.